The number of guanidine groups is 1. The highest BCUT2D eigenvalue weighted by Gasteiger charge is 2.00. The van der Waals surface area contributed by atoms with E-state index >= 15 is 0 Å². The normalized spacial score (nSPS) is 11.3. The van der Waals surface area contributed by atoms with Gasteiger partial charge in [0.15, 0.2) is 5.96 Å². The topological polar surface area (TPSA) is 63.5 Å². The minimum absolute atomic E-state index is 0.583. The Balaban J connectivity index is 1.79. The van der Waals surface area contributed by atoms with Gasteiger partial charge in [0.05, 0.1) is 18.8 Å². The van der Waals surface area contributed by atoms with E-state index in [9.17, 15) is 0 Å². The van der Waals surface area contributed by atoms with Gasteiger partial charge in [-0.2, -0.15) is 5.10 Å². The molecule has 0 aliphatic carbocycles. The number of nitrogens with one attached hydrogen (secondary N) is 2. The first-order valence-corrected chi connectivity index (χ1v) is 7.87. The summed E-state index contributed by atoms with van der Waals surface area (Å²) in [5, 5.41) is 10.6. The quantitative estimate of drug-likeness (QED) is 0.465. The van der Waals surface area contributed by atoms with Crippen molar-refractivity contribution in [2.75, 3.05) is 19.7 Å². The highest BCUT2D eigenvalue weighted by atomic mass is 16.5. The van der Waals surface area contributed by atoms with Crippen LogP contribution in [0, 0.1) is 6.92 Å². The molecule has 6 nitrogen and oxygen atoms in total. The fourth-order valence-electron chi connectivity index (χ4n) is 2.10. The molecule has 0 aliphatic rings. The van der Waals surface area contributed by atoms with Crippen molar-refractivity contribution < 1.29 is 4.74 Å². The molecule has 0 radical (unpaired) electrons. The van der Waals surface area contributed by atoms with Crippen LogP contribution in [-0.2, 0) is 13.6 Å². The highest BCUT2D eigenvalue weighted by molar-refractivity contribution is 5.79. The largest absolute Gasteiger partial charge is 0.492 e. The maximum absolute atomic E-state index is 5.73. The van der Waals surface area contributed by atoms with E-state index in [2.05, 4.69) is 33.7 Å². The molecule has 0 aliphatic heterocycles. The Morgan fingerprint density at radius 1 is 1.30 bits per heavy atom. The Morgan fingerprint density at radius 3 is 2.87 bits per heavy atom. The Bertz CT molecular complexity index is 635. The van der Waals surface area contributed by atoms with Crippen LogP contribution in [0.3, 0.4) is 0 Å². The lowest BCUT2D eigenvalue weighted by atomic mass is 10.2. The molecule has 23 heavy (non-hydrogen) atoms. The average molecular weight is 315 g/mol. The summed E-state index contributed by atoms with van der Waals surface area (Å²) in [6, 6.07) is 10.0. The van der Waals surface area contributed by atoms with Gasteiger partial charge in [-0.05, 0) is 37.6 Å². The molecule has 6 heteroatoms. The summed E-state index contributed by atoms with van der Waals surface area (Å²) in [6.07, 6.45) is 1.78. The van der Waals surface area contributed by atoms with Crippen LogP contribution in [0.5, 0.6) is 5.75 Å². The number of ether oxygens (including phenoxy) is 1. The zero-order chi connectivity index (χ0) is 16.5. The van der Waals surface area contributed by atoms with E-state index in [1.54, 1.807) is 6.20 Å². The molecule has 1 heterocycles. The van der Waals surface area contributed by atoms with Gasteiger partial charge in [-0.15, -0.1) is 0 Å². The summed E-state index contributed by atoms with van der Waals surface area (Å²) in [7, 11) is 1.92. The highest BCUT2D eigenvalue weighted by Crippen LogP contribution is 2.11. The SMILES string of the molecule is CCNC(=NCc1ccnn1C)NCCOc1cccc(C)c1. The number of aryl methyl sites for hydroxylation is 2. The van der Waals surface area contributed by atoms with E-state index in [1.807, 2.05) is 42.9 Å². The molecule has 2 N–H and O–H groups in total. The van der Waals surface area contributed by atoms with Crippen molar-refractivity contribution in [3.8, 4) is 5.75 Å². The molecule has 0 saturated carbocycles. The molecular weight excluding hydrogens is 290 g/mol. The second-order valence-corrected chi connectivity index (χ2v) is 5.23. The maximum Gasteiger partial charge on any atom is 0.191 e. The molecule has 2 aromatic rings. The fourth-order valence-corrected chi connectivity index (χ4v) is 2.10. The molecule has 0 atom stereocenters. The maximum atomic E-state index is 5.73. The number of hydrogen-bond donors (Lipinski definition) is 2. The summed E-state index contributed by atoms with van der Waals surface area (Å²) < 4.78 is 7.55. The van der Waals surface area contributed by atoms with Crippen LogP contribution in [-0.4, -0.2) is 35.4 Å². The van der Waals surface area contributed by atoms with Gasteiger partial charge in [0.1, 0.15) is 12.4 Å². The zero-order valence-electron chi connectivity index (χ0n) is 14.0. The van der Waals surface area contributed by atoms with Crippen LogP contribution in [0.1, 0.15) is 18.2 Å². The van der Waals surface area contributed by atoms with Crippen LogP contribution in [0.25, 0.3) is 0 Å². The minimum Gasteiger partial charge on any atom is -0.492 e. The zero-order valence-corrected chi connectivity index (χ0v) is 14.0. The number of hydrogen-bond acceptors (Lipinski definition) is 3. The van der Waals surface area contributed by atoms with Crippen molar-refractivity contribution in [2.45, 2.75) is 20.4 Å². The third kappa shape index (κ3) is 5.65. The molecule has 1 aromatic heterocycles. The van der Waals surface area contributed by atoms with Crippen LogP contribution in [0.4, 0.5) is 0 Å². The van der Waals surface area contributed by atoms with Crippen molar-refractivity contribution in [3.63, 3.8) is 0 Å². The van der Waals surface area contributed by atoms with E-state index in [-0.39, 0.29) is 0 Å². The van der Waals surface area contributed by atoms with Crippen LogP contribution >= 0.6 is 0 Å². The predicted molar refractivity (Wildman–Crippen MR) is 92.7 cm³/mol. The van der Waals surface area contributed by atoms with E-state index in [4.69, 9.17) is 4.74 Å². The lowest BCUT2D eigenvalue weighted by Crippen LogP contribution is -2.39. The molecule has 0 spiro atoms. The molecule has 124 valence electrons. The molecule has 0 saturated heterocycles. The van der Waals surface area contributed by atoms with Gasteiger partial charge < -0.3 is 15.4 Å². The Morgan fingerprint density at radius 2 is 2.17 bits per heavy atom. The van der Waals surface area contributed by atoms with Crippen molar-refractivity contribution in [2.24, 2.45) is 12.0 Å². The van der Waals surface area contributed by atoms with Gasteiger partial charge in [-0.25, -0.2) is 4.99 Å². The van der Waals surface area contributed by atoms with Gasteiger partial charge in [0, 0.05) is 19.8 Å². The summed E-state index contributed by atoms with van der Waals surface area (Å²) >= 11 is 0. The third-order valence-electron chi connectivity index (χ3n) is 3.32. The van der Waals surface area contributed by atoms with Crippen molar-refractivity contribution in [3.05, 3.63) is 47.8 Å². The molecular formula is C17H25N5O. The molecule has 0 amide bonds. The first-order valence-electron chi connectivity index (χ1n) is 7.87. The van der Waals surface area contributed by atoms with Gasteiger partial charge in [0.2, 0.25) is 0 Å². The summed E-state index contributed by atoms with van der Waals surface area (Å²) in [4.78, 5) is 4.55. The predicted octanol–water partition coefficient (Wildman–Crippen LogP) is 1.86. The van der Waals surface area contributed by atoms with E-state index in [0.717, 1.165) is 23.9 Å². The third-order valence-corrected chi connectivity index (χ3v) is 3.32. The number of nitrogens with zero attached hydrogens (tertiary/aromatic N) is 3. The second kappa shape index (κ2) is 8.82. The number of aromatic nitrogens is 2. The molecule has 1 aromatic carbocycles. The lowest BCUT2D eigenvalue weighted by molar-refractivity contribution is 0.321. The van der Waals surface area contributed by atoms with Crippen LogP contribution in [0.2, 0.25) is 0 Å². The molecule has 0 fully saturated rings. The number of aliphatic imine (C=N–C) groups is 1. The number of rotatable bonds is 7. The molecule has 0 unspecified atom stereocenters. The first kappa shape index (κ1) is 16.9. The van der Waals surface area contributed by atoms with Gasteiger partial charge >= 0.3 is 0 Å². The molecule has 0 bridgehead atoms. The molecule has 2 rings (SSSR count). The summed E-state index contributed by atoms with van der Waals surface area (Å²) in [5.74, 6) is 1.67. The van der Waals surface area contributed by atoms with Gasteiger partial charge in [-0.1, -0.05) is 12.1 Å². The monoisotopic (exact) mass is 315 g/mol. The average Bonchev–Trinajstić information content (AvgIpc) is 2.94. The minimum atomic E-state index is 0.583. The Labute approximate surface area is 137 Å². The van der Waals surface area contributed by atoms with Crippen LogP contribution in [0.15, 0.2) is 41.5 Å². The van der Waals surface area contributed by atoms with Crippen molar-refractivity contribution in [1.29, 1.82) is 0 Å². The number of benzene rings is 1. The smallest absolute Gasteiger partial charge is 0.191 e. The first-order chi connectivity index (χ1) is 11.2. The fraction of sp³-hybridized carbons (Fsp3) is 0.412. The van der Waals surface area contributed by atoms with Crippen molar-refractivity contribution >= 4 is 5.96 Å². The van der Waals surface area contributed by atoms with E-state index < -0.39 is 0 Å². The Kier molecular flexibility index (Phi) is 6.47. The van der Waals surface area contributed by atoms with Crippen LogP contribution < -0.4 is 15.4 Å². The van der Waals surface area contributed by atoms with Gasteiger partial charge in [0.25, 0.3) is 0 Å². The summed E-state index contributed by atoms with van der Waals surface area (Å²) in [6.45, 7) is 6.77. The second-order valence-electron chi connectivity index (χ2n) is 5.23. The van der Waals surface area contributed by atoms with Gasteiger partial charge in [-0.3, -0.25) is 4.68 Å². The van der Waals surface area contributed by atoms with E-state index in [0.29, 0.717) is 19.7 Å². The van der Waals surface area contributed by atoms with Crippen molar-refractivity contribution in [1.82, 2.24) is 20.4 Å². The standard InChI is InChI=1S/C17H25N5O/c1-4-18-17(20-13-15-8-9-21-22(15)3)19-10-11-23-16-7-5-6-14(2)12-16/h5-9,12H,4,10-11,13H2,1-3H3,(H2,18,19,20). The summed E-state index contributed by atoms with van der Waals surface area (Å²) in [5.41, 5.74) is 2.26. The van der Waals surface area contributed by atoms with E-state index in [1.165, 1.54) is 5.56 Å². The Hall–Kier alpha value is -2.50. The lowest BCUT2D eigenvalue weighted by Gasteiger charge is -2.12.